The van der Waals surface area contributed by atoms with Crippen molar-refractivity contribution in [2.24, 2.45) is 23.7 Å². The second-order valence-corrected chi connectivity index (χ2v) is 10.2. The molecule has 0 radical (unpaired) electrons. The average molecular weight is 419 g/mol. The summed E-state index contributed by atoms with van der Waals surface area (Å²) < 4.78 is 0. The molecule has 7 heteroatoms. The first-order valence-electron chi connectivity index (χ1n) is 10.8. The van der Waals surface area contributed by atoms with E-state index in [0.717, 1.165) is 61.8 Å². The van der Waals surface area contributed by atoms with Crippen molar-refractivity contribution in [2.45, 2.75) is 71.3 Å². The van der Waals surface area contributed by atoms with Crippen molar-refractivity contribution in [1.82, 2.24) is 5.32 Å². The fraction of sp³-hybridized carbons (Fsp3) is 0.682. The second kappa shape index (κ2) is 8.09. The number of rotatable bonds is 5. The molecular formula is C22H30N2O4S. The second-order valence-electron chi connectivity index (χ2n) is 9.00. The maximum atomic E-state index is 13.2. The first-order chi connectivity index (χ1) is 13.9. The summed E-state index contributed by atoms with van der Waals surface area (Å²) in [7, 11) is 0. The Morgan fingerprint density at radius 3 is 2.10 bits per heavy atom. The zero-order chi connectivity index (χ0) is 20.7. The summed E-state index contributed by atoms with van der Waals surface area (Å²) in [6, 6.07) is 0.205. The third-order valence-electron chi connectivity index (χ3n) is 7.35. The van der Waals surface area contributed by atoms with Crippen molar-refractivity contribution in [2.75, 3.05) is 5.32 Å². The molecule has 0 aliphatic heterocycles. The number of carbonyl (C=O) groups excluding carboxylic acids is 2. The number of fused-ring (bicyclic) bond motifs is 3. The van der Waals surface area contributed by atoms with Gasteiger partial charge in [-0.25, -0.2) is 0 Å². The minimum absolute atomic E-state index is 0.0881. The molecule has 4 fully saturated rings. The molecule has 6 nitrogen and oxygen atoms in total. The molecule has 1 aromatic heterocycles. The number of aryl methyl sites for hydroxylation is 1. The number of hydrogen-bond donors (Lipinski definition) is 3. The van der Waals surface area contributed by atoms with Gasteiger partial charge >= 0.3 is 5.97 Å². The van der Waals surface area contributed by atoms with Gasteiger partial charge in [0.2, 0.25) is 5.91 Å². The van der Waals surface area contributed by atoms with E-state index >= 15 is 0 Å². The van der Waals surface area contributed by atoms with E-state index < -0.39 is 17.8 Å². The zero-order valence-corrected chi connectivity index (χ0v) is 17.9. The van der Waals surface area contributed by atoms with Crippen LogP contribution in [0.5, 0.6) is 0 Å². The van der Waals surface area contributed by atoms with Crippen LogP contribution in [-0.4, -0.2) is 28.9 Å². The van der Waals surface area contributed by atoms with Gasteiger partial charge in [0.05, 0.1) is 17.4 Å². The molecule has 0 saturated heterocycles. The maximum Gasteiger partial charge on any atom is 0.307 e. The lowest BCUT2D eigenvalue weighted by atomic mass is 9.58. The van der Waals surface area contributed by atoms with Crippen molar-refractivity contribution in [3.8, 4) is 0 Å². The Morgan fingerprint density at radius 1 is 0.931 bits per heavy atom. The van der Waals surface area contributed by atoms with Crippen LogP contribution in [0.3, 0.4) is 0 Å². The van der Waals surface area contributed by atoms with Crippen LogP contribution < -0.4 is 10.6 Å². The maximum absolute atomic E-state index is 13.2. The molecule has 4 saturated carbocycles. The van der Waals surface area contributed by atoms with E-state index in [4.69, 9.17) is 0 Å². The molecule has 2 atom stereocenters. The molecule has 0 spiro atoms. The minimum Gasteiger partial charge on any atom is -0.481 e. The fourth-order valence-electron chi connectivity index (χ4n) is 5.69. The monoisotopic (exact) mass is 418 g/mol. The van der Waals surface area contributed by atoms with Crippen molar-refractivity contribution in [3.63, 3.8) is 0 Å². The van der Waals surface area contributed by atoms with E-state index in [2.05, 4.69) is 10.6 Å². The van der Waals surface area contributed by atoms with Crippen LogP contribution in [-0.2, 0) is 9.59 Å². The predicted molar refractivity (Wildman–Crippen MR) is 112 cm³/mol. The van der Waals surface area contributed by atoms with E-state index in [1.165, 1.54) is 11.3 Å². The first kappa shape index (κ1) is 20.4. The summed E-state index contributed by atoms with van der Waals surface area (Å²) in [4.78, 5) is 39.1. The van der Waals surface area contributed by atoms with Crippen LogP contribution >= 0.6 is 11.3 Å². The summed E-state index contributed by atoms with van der Waals surface area (Å²) in [6.45, 7) is 3.86. The number of thiophene rings is 1. The fourth-order valence-corrected chi connectivity index (χ4v) is 6.75. The van der Waals surface area contributed by atoms with E-state index in [0.29, 0.717) is 10.6 Å². The Labute approximate surface area is 175 Å². The van der Waals surface area contributed by atoms with Crippen LogP contribution in [0.4, 0.5) is 5.00 Å². The molecule has 3 N–H and O–H groups in total. The number of aliphatic carboxylic acids is 1. The van der Waals surface area contributed by atoms with Crippen LogP contribution in [0.2, 0.25) is 0 Å². The molecule has 2 bridgehead atoms. The largest absolute Gasteiger partial charge is 0.481 e. The number of carbonyl (C=O) groups is 3. The van der Waals surface area contributed by atoms with Gasteiger partial charge in [0.1, 0.15) is 5.00 Å². The number of carboxylic acids is 1. The number of carboxylic acid groups (broad SMARTS) is 1. The van der Waals surface area contributed by atoms with Crippen LogP contribution in [0.1, 0.15) is 72.2 Å². The van der Waals surface area contributed by atoms with E-state index in [9.17, 15) is 19.5 Å². The highest BCUT2D eigenvalue weighted by Gasteiger charge is 2.50. The third-order valence-corrected chi connectivity index (χ3v) is 8.47. The summed E-state index contributed by atoms with van der Waals surface area (Å²) in [6.07, 6.45) is 7.92. The Hall–Kier alpha value is -1.89. The topological polar surface area (TPSA) is 95.5 Å². The van der Waals surface area contributed by atoms with E-state index in [1.807, 2.05) is 13.8 Å². The van der Waals surface area contributed by atoms with Crippen molar-refractivity contribution < 1.29 is 19.5 Å². The quantitative estimate of drug-likeness (QED) is 0.670. The molecule has 158 valence electrons. The number of nitrogens with one attached hydrogen (secondary N) is 2. The van der Waals surface area contributed by atoms with Crippen LogP contribution in [0, 0.1) is 37.5 Å². The van der Waals surface area contributed by atoms with Gasteiger partial charge in [0.15, 0.2) is 0 Å². The molecule has 4 aliphatic rings. The van der Waals surface area contributed by atoms with E-state index in [1.54, 1.807) is 0 Å². The highest BCUT2D eigenvalue weighted by atomic mass is 32.1. The van der Waals surface area contributed by atoms with Gasteiger partial charge in [0.25, 0.3) is 5.91 Å². The smallest absolute Gasteiger partial charge is 0.307 e. The number of amides is 2. The molecule has 5 rings (SSSR count). The molecule has 2 amide bonds. The summed E-state index contributed by atoms with van der Waals surface area (Å²) in [5.74, 6) is -2.13. The summed E-state index contributed by atoms with van der Waals surface area (Å²) in [5.41, 5.74) is 1.43. The first-order valence-corrected chi connectivity index (χ1v) is 11.6. The number of hydrogen-bond acceptors (Lipinski definition) is 4. The lowest BCUT2D eigenvalue weighted by Crippen LogP contribution is -2.49. The van der Waals surface area contributed by atoms with Crippen molar-refractivity contribution in [1.29, 1.82) is 0 Å². The van der Waals surface area contributed by atoms with Gasteiger partial charge in [-0.3, -0.25) is 14.4 Å². The lowest BCUT2D eigenvalue weighted by molar-refractivity contribution is -0.156. The SMILES string of the molecule is Cc1sc(NC(=O)[C@@H]2C3CCC(CC3)[C@H]2C(=O)O)c(C(=O)NC2CCCC2)c1C. The lowest BCUT2D eigenvalue weighted by Gasteiger charge is -2.45. The van der Waals surface area contributed by atoms with Gasteiger partial charge in [-0.2, -0.15) is 0 Å². The van der Waals surface area contributed by atoms with Gasteiger partial charge in [-0.15, -0.1) is 11.3 Å². The average Bonchev–Trinajstić information content (AvgIpc) is 3.29. The molecule has 1 heterocycles. The molecule has 0 aromatic carbocycles. The van der Waals surface area contributed by atoms with E-state index in [-0.39, 0.29) is 29.7 Å². The third kappa shape index (κ3) is 3.81. The van der Waals surface area contributed by atoms with Gasteiger partial charge < -0.3 is 15.7 Å². The standard InChI is InChI=1S/C22H30N2O4S/c1-11-12(2)29-21(16(11)19(25)23-15-5-3-4-6-15)24-20(26)17-13-7-9-14(10-8-13)18(17)22(27)28/h13-15,17-18H,3-10H2,1-2H3,(H,23,25)(H,24,26)(H,27,28)/t13?,14?,17-,18-/m1/s1. The van der Waals surface area contributed by atoms with Gasteiger partial charge in [0, 0.05) is 10.9 Å². The van der Waals surface area contributed by atoms with Gasteiger partial charge in [-0.1, -0.05) is 12.8 Å². The molecule has 0 unspecified atom stereocenters. The Balaban J connectivity index is 1.56. The summed E-state index contributed by atoms with van der Waals surface area (Å²) in [5, 5.41) is 16.4. The molecule has 4 aliphatic carbocycles. The summed E-state index contributed by atoms with van der Waals surface area (Å²) >= 11 is 1.41. The Kier molecular flexibility index (Phi) is 5.69. The van der Waals surface area contributed by atoms with Gasteiger partial charge in [-0.05, 0) is 69.8 Å². The Bertz CT molecular complexity index is 819. The highest BCUT2D eigenvalue weighted by molar-refractivity contribution is 7.16. The predicted octanol–water partition coefficient (Wildman–Crippen LogP) is 4.11. The highest BCUT2D eigenvalue weighted by Crippen LogP contribution is 2.49. The minimum atomic E-state index is -0.864. The normalized spacial score (nSPS) is 29.0. The molecule has 1 aromatic rings. The van der Waals surface area contributed by atoms with Crippen LogP contribution in [0.25, 0.3) is 0 Å². The Morgan fingerprint density at radius 2 is 1.52 bits per heavy atom. The van der Waals surface area contributed by atoms with Crippen LogP contribution in [0.15, 0.2) is 0 Å². The number of anilines is 1. The van der Waals surface area contributed by atoms with Crippen molar-refractivity contribution >= 4 is 34.1 Å². The molecule has 29 heavy (non-hydrogen) atoms. The van der Waals surface area contributed by atoms with Crippen molar-refractivity contribution in [3.05, 3.63) is 16.0 Å². The zero-order valence-electron chi connectivity index (χ0n) is 17.1. The molecular weight excluding hydrogens is 388 g/mol.